The van der Waals surface area contributed by atoms with Crippen LogP contribution in [-0.2, 0) is 4.79 Å². The predicted molar refractivity (Wildman–Crippen MR) is 49.9 cm³/mol. The van der Waals surface area contributed by atoms with Crippen LogP contribution in [-0.4, -0.2) is 11.9 Å². The number of amides is 1. The van der Waals surface area contributed by atoms with Gasteiger partial charge in [-0.1, -0.05) is 36.0 Å². The minimum atomic E-state index is 0.160. The second-order valence-corrected chi connectivity index (χ2v) is 3.88. The summed E-state index contributed by atoms with van der Waals surface area (Å²) in [7, 11) is 0. The van der Waals surface area contributed by atoms with Gasteiger partial charge in [-0.2, -0.15) is 0 Å². The lowest BCUT2D eigenvalue weighted by Crippen LogP contribution is -2.44. The van der Waals surface area contributed by atoms with E-state index in [0.29, 0.717) is 18.3 Å². The summed E-state index contributed by atoms with van der Waals surface area (Å²) in [5, 5.41) is 3.00. The van der Waals surface area contributed by atoms with Gasteiger partial charge in [-0.25, -0.2) is 0 Å². The maximum Gasteiger partial charge on any atom is 0.224 e. The van der Waals surface area contributed by atoms with Gasteiger partial charge in [-0.15, -0.1) is 0 Å². The average Bonchev–Trinajstić information content (AvgIpc) is 2.35. The maximum absolute atomic E-state index is 11.3. The summed E-state index contributed by atoms with van der Waals surface area (Å²) in [4.78, 5) is 11.3. The summed E-state index contributed by atoms with van der Waals surface area (Å²) in [6.07, 6.45) is 11.5. The van der Waals surface area contributed by atoms with Crippen molar-refractivity contribution in [2.75, 3.05) is 0 Å². The Bertz CT molecular complexity index is 351. The molecule has 2 nitrogen and oxygen atoms in total. The normalized spacial score (nSPS) is 39.8. The fraction of sp³-hybridized carbons (Fsp3) is 0.364. The Kier molecular flexibility index (Phi) is 1.29. The lowest BCUT2D eigenvalue weighted by atomic mass is 9.82. The largest absolute Gasteiger partial charge is 0.349 e. The quantitative estimate of drug-likeness (QED) is 0.547. The second-order valence-electron chi connectivity index (χ2n) is 3.88. The topological polar surface area (TPSA) is 29.1 Å². The highest BCUT2D eigenvalue weighted by Gasteiger charge is 2.33. The van der Waals surface area contributed by atoms with Gasteiger partial charge in [0.25, 0.3) is 0 Å². The summed E-state index contributed by atoms with van der Waals surface area (Å²) in [5.41, 5.74) is 1.30. The van der Waals surface area contributed by atoms with Gasteiger partial charge in [0.15, 0.2) is 0 Å². The van der Waals surface area contributed by atoms with E-state index in [4.69, 9.17) is 0 Å². The summed E-state index contributed by atoms with van der Waals surface area (Å²) < 4.78 is 0. The van der Waals surface area contributed by atoms with Gasteiger partial charge >= 0.3 is 0 Å². The molecule has 1 saturated heterocycles. The standard InChI is InChI=1S/C11H11NO/c13-11-6-8-5-7-1-3-9(8)10(12-11)4-2-7/h1-5,7,9-10H,6H2,(H,12,13)/t7-,9-,10-/m1/s1. The molecule has 1 heterocycles. The first-order chi connectivity index (χ1) is 6.33. The zero-order valence-corrected chi connectivity index (χ0v) is 7.23. The van der Waals surface area contributed by atoms with Gasteiger partial charge in [0.05, 0.1) is 6.04 Å². The van der Waals surface area contributed by atoms with Crippen LogP contribution in [0.2, 0.25) is 0 Å². The van der Waals surface area contributed by atoms with Crippen LogP contribution in [0.1, 0.15) is 6.42 Å². The number of carbonyl (C=O) groups excluding carboxylic acids is 1. The Balaban J connectivity index is 2.09. The molecular formula is C11H11NO. The predicted octanol–water partition coefficient (Wildman–Crippen LogP) is 1.17. The zero-order valence-electron chi connectivity index (χ0n) is 7.23. The Morgan fingerprint density at radius 1 is 1.23 bits per heavy atom. The van der Waals surface area contributed by atoms with Crippen LogP contribution in [0, 0.1) is 11.8 Å². The summed E-state index contributed by atoms with van der Waals surface area (Å²) in [5.74, 6) is 1.00. The van der Waals surface area contributed by atoms with Crippen molar-refractivity contribution in [2.24, 2.45) is 11.8 Å². The highest BCUT2D eigenvalue weighted by Crippen LogP contribution is 2.34. The highest BCUT2D eigenvalue weighted by molar-refractivity contribution is 5.81. The third kappa shape index (κ3) is 0.981. The number of hydrogen-bond donors (Lipinski definition) is 1. The van der Waals surface area contributed by atoms with Crippen molar-refractivity contribution in [1.82, 2.24) is 5.32 Å². The third-order valence-electron chi connectivity index (χ3n) is 3.00. The number of carbonyl (C=O) groups is 1. The number of nitrogens with one attached hydrogen (secondary N) is 1. The monoisotopic (exact) mass is 173 g/mol. The molecule has 0 aromatic rings. The van der Waals surface area contributed by atoms with E-state index in [9.17, 15) is 4.79 Å². The Labute approximate surface area is 77.0 Å². The van der Waals surface area contributed by atoms with Gasteiger partial charge in [0.1, 0.15) is 0 Å². The van der Waals surface area contributed by atoms with E-state index in [0.717, 1.165) is 0 Å². The molecule has 3 atom stereocenters. The molecule has 0 unspecified atom stereocenters. The molecule has 0 saturated carbocycles. The van der Waals surface area contributed by atoms with Crippen LogP contribution in [0.25, 0.3) is 0 Å². The SMILES string of the molecule is O=C1CC2=C[C@@H]3C=C[C@H]2[C@@H](C=C3)N1. The van der Waals surface area contributed by atoms with E-state index < -0.39 is 0 Å². The fourth-order valence-corrected chi connectivity index (χ4v) is 2.36. The molecule has 4 rings (SSSR count). The molecule has 0 spiro atoms. The van der Waals surface area contributed by atoms with Crippen LogP contribution in [0.3, 0.4) is 0 Å². The molecule has 1 N–H and O–H groups in total. The molecule has 2 heteroatoms. The number of rotatable bonds is 0. The molecule has 1 aliphatic heterocycles. The minimum absolute atomic E-state index is 0.160. The van der Waals surface area contributed by atoms with Gasteiger partial charge < -0.3 is 5.32 Å². The summed E-state index contributed by atoms with van der Waals surface area (Å²) in [6.45, 7) is 0. The van der Waals surface area contributed by atoms with Crippen molar-refractivity contribution in [3.05, 3.63) is 36.0 Å². The minimum Gasteiger partial charge on any atom is -0.349 e. The molecule has 3 aliphatic carbocycles. The van der Waals surface area contributed by atoms with Crippen LogP contribution in [0.5, 0.6) is 0 Å². The van der Waals surface area contributed by atoms with Gasteiger partial charge in [0, 0.05) is 18.3 Å². The van der Waals surface area contributed by atoms with Crippen LogP contribution >= 0.6 is 0 Å². The highest BCUT2D eigenvalue weighted by atomic mass is 16.1. The molecule has 1 amide bonds. The van der Waals surface area contributed by atoms with E-state index in [1.807, 2.05) is 0 Å². The van der Waals surface area contributed by atoms with Crippen LogP contribution in [0.15, 0.2) is 36.0 Å². The molecule has 4 aliphatic rings. The molecule has 0 aromatic heterocycles. The van der Waals surface area contributed by atoms with Crippen molar-refractivity contribution >= 4 is 5.91 Å². The molecule has 1 fully saturated rings. The summed E-state index contributed by atoms with van der Waals surface area (Å²) in [6, 6.07) is 0.205. The van der Waals surface area contributed by atoms with Gasteiger partial charge in [0.2, 0.25) is 5.91 Å². The maximum atomic E-state index is 11.3. The smallest absolute Gasteiger partial charge is 0.224 e. The van der Waals surface area contributed by atoms with E-state index in [1.165, 1.54) is 5.57 Å². The molecule has 0 radical (unpaired) electrons. The third-order valence-corrected chi connectivity index (χ3v) is 3.00. The van der Waals surface area contributed by atoms with Crippen molar-refractivity contribution in [3.63, 3.8) is 0 Å². The van der Waals surface area contributed by atoms with E-state index in [2.05, 4.69) is 35.7 Å². The molecule has 13 heavy (non-hydrogen) atoms. The Hall–Kier alpha value is -1.31. The van der Waals surface area contributed by atoms with E-state index in [1.54, 1.807) is 0 Å². The second kappa shape index (κ2) is 2.34. The lowest BCUT2D eigenvalue weighted by molar-refractivity contribution is -0.122. The number of allylic oxidation sites excluding steroid dienone is 3. The van der Waals surface area contributed by atoms with Crippen LogP contribution < -0.4 is 5.32 Å². The Morgan fingerprint density at radius 3 is 3.00 bits per heavy atom. The van der Waals surface area contributed by atoms with Crippen molar-refractivity contribution in [3.8, 4) is 0 Å². The van der Waals surface area contributed by atoms with Crippen molar-refractivity contribution in [1.29, 1.82) is 0 Å². The Morgan fingerprint density at radius 2 is 2.08 bits per heavy atom. The molecule has 0 aromatic carbocycles. The van der Waals surface area contributed by atoms with Crippen molar-refractivity contribution in [2.45, 2.75) is 12.5 Å². The van der Waals surface area contributed by atoms with Crippen molar-refractivity contribution < 1.29 is 4.79 Å². The molecule has 66 valence electrons. The summed E-state index contributed by atoms with van der Waals surface area (Å²) >= 11 is 0. The first-order valence-corrected chi connectivity index (χ1v) is 4.69. The fourth-order valence-electron chi connectivity index (χ4n) is 2.36. The molecule has 4 bridgehead atoms. The number of piperidine rings is 1. The van der Waals surface area contributed by atoms with Crippen LogP contribution in [0.4, 0.5) is 0 Å². The van der Waals surface area contributed by atoms with Gasteiger partial charge in [-0.3, -0.25) is 4.79 Å². The average molecular weight is 173 g/mol. The van der Waals surface area contributed by atoms with E-state index in [-0.39, 0.29) is 11.9 Å². The van der Waals surface area contributed by atoms with E-state index >= 15 is 0 Å². The van der Waals surface area contributed by atoms with Gasteiger partial charge in [-0.05, 0) is 0 Å². The molecular weight excluding hydrogens is 162 g/mol. The first-order valence-electron chi connectivity index (χ1n) is 4.69. The lowest BCUT2D eigenvalue weighted by Gasteiger charge is -2.31. The number of hydrogen-bond acceptors (Lipinski definition) is 1. The first kappa shape index (κ1) is 7.13. The zero-order chi connectivity index (χ0) is 8.84.